The molecule has 0 bridgehead atoms. The molecule has 8 heteroatoms. The van der Waals surface area contributed by atoms with Crippen molar-refractivity contribution in [1.29, 1.82) is 0 Å². The van der Waals surface area contributed by atoms with Gasteiger partial charge in [0.05, 0.1) is 22.3 Å². The number of pyridine rings is 1. The van der Waals surface area contributed by atoms with E-state index in [0.29, 0.717) is 33.8 Å². The van der Waals surface area contributed by atoms with E-state index in [2.05, 4.69) is 16.4 Å². The lowest BCUT2D eigenvalue weighted by Crippen LogP contribution is -2.04. The molecule has 0 radical (unpaired) electrons. The van der Waals surface area contributed by atoms with Crippen LogP contribution in [0.2, 0.25) is 10.0 Å². The van der Waals surface area contributed by atoms with Crippen molar-refractivity contribution < 1.29 is 14.6 Å². The monoisotopic (exact) mass is 465 g/mol. The van der Waals surface area contributed by atoms with Crippen LogP contribution in [0, 0.1) is 0 Å². The molecule has 1 aromatic carbocycles. The average molecular weight is 466 g/mol. The summed E-state index contributed by atoms with van der Waals surface area (Å²) in [5.41, 5.74) is 2.44. The van der Waals surface area contributed by atoms with Crippen LogP contribution in [0.15, 0.2) is 58.1 Å². The number of aromatic nitrogens is 1. The van der Waals surface area contributed by atoms with Crippen LogP contribution >= 0.6 is 46.3 Å². The zero-order chi connectivity index (χ0) is 20.6. The SMILES string of the molecule is O=C(O)/C=C/c1nc(CSc2c(Cl)cccc2Cl)ccc1OCCc1ccsc1. The largest absolute Gasteiger partial charge is 0.491 e. The van der Waals surface area contributed by atoms with Crippen molar-refractivity contribution in [3.05, 3.63) is 80.2 Å². The zero-order valence-corrected chi connectivity index (χ0v) is 18.3. The number of benzene rings is 1. The first-order valence-electron chi connectivity index (χ1n) is 8.64. The minimum Gasteiger partial charge on any atom is -0.491 e. The van der Waals surface area contributed by atoms with Crippen molar-refractivity contribution in [3.8, 4) is 5.75 Å². The Bertz CT molecular complexity index is 987. The van der Waals surface area contributed by atoms with E-state index in [1.54, 1.807) is 29.5 Å². The van der Waals surface area contributed by atoms with Gasteiger partial charge in [-0.15, -0.1) is 11.8 Å². The van der Waals surface area contributed by atoms with Gasteiger partial charge in [0.15, 0.2) is 0 Å². The number of carbonyl (C=O) groups is 1. The van der Waals surface area contributed by atoms with Crippen LogP contribution in [0.5, 0.6) is 5.75 Å². The first kappa shape index (κ1) is 21.7. The number of thiophene rings is 1. The van der Waals surface area contributed by atoms with Gasteiger partial charge in [0.25, 0.3) is 0 Å². The molecule has 0 atom stereocenters. The van der Waals surface area contributed by atoms with Gasteiger partial charge in [-0.2, -0.15) is 11.3 Å². The quantitative estimate of drug-likeness (QED) is 0.290. The summed E-state index contributed by atoms with van der Waals surface area (Å²) in [6.07, 6.45) is 3.27. The van der Waals surface area contributed by atoms with E-state index in [1.165, 1.54) is 23.4 Å². The molecule has 0 aliphatic heterocycles. The van der Waals surface area contributed by atoms with Gasteiger partial charge in [-0.3, -0.25) is 0 Å². The third-order valence-electron chi connectivity index (χ3n) is 3.84. The van der Waals surface area contributed by atoms with Gasteiger partial charge in [-0.05, 0) is 52.7 Å². The minimum atomic E-state index is -1.04. The molecular formula is C21H17Cl2NO3S2. The van der Waals surface area contributed by atoms with Gasteiger partial charge in [0.1, 0.15) is 11.4 Å². The number of aliphatic carboxylic acids is 1. The second kappa shape index (κ2) is 10.7. The standard InChI is InChI=1S/C21H17Cl2NO3S2/c22-16-2-1-3-17(23)21(16)29-13-15-4-6-19(18(24-15)5-7-20(25)26)27-10-8-14-9-11-28-12-14/h1-7,9,11-12H,8,10,13H2,(H,25,26)/b7-5+. The van der Waals surface area contributed by atoms with Gasteiger partial charge in [-0.25, -0.2) is 9.78 Å². The third-order valence-corrected chi connectivity index (χ3v) is 6.59. The van der Waals surface area contributed by atoms with E-state index < -0.39 is 5.97 Å². The van der Waals surface area contributed by atoms with Crippen molar-refractivity contribution in [1.82, 2.24) is 4.98 Å². The first-order chi connectivity index (χ1) is 14.0. The number of hydrogen-bond acceptors (Lipinski definition) is 5. The number of ether oxygens (including phenoxy) is 1. The summed E-state index contributed by atoms with van der Waals surface area (Å²) < 4.78 is 5.85. The second-order valence-electron chi connectivity index (χ2n) is 5.93. The molecule has 0 aliphatic rings. The summed E-state index contributed by atoms with van der Waals surface area (Å²) in [4.78, 5) is 16.3. The average Bonchev–Trinajstić information content (AvgIpc) is 3.20. The summed E-state index contributed by atoms with van der Waals surface area (Å²) in [5, 5.41) is 14.2. The summed E-state index contributed by atoms with van der Waals surface area (Å²) in [6.45, 7) is 0.482. The highest BCUT2D eigenvalue weighted by Gasteiger charge is 2.10. The molecular weight excluding hydrogens is 449 g/mol. The Kier molecular flexibility index (Phi) is 8.00. The van der Waals surface area contributed by atoms with E-state index in [9.17, 15) is 4.79 Å². The maximum Gasteiger partial charge on any atom is 0.328 e. The number of nitrogens with zero attached hydrogens (tertiary/aromatic N) is 1. The number of halogens is 2. The maximum absolute atomic E-state index is 10.9. The number of thioether (sulfide) groups is 1. The van der Waals surface area contributed by atoms with Crippen LogP contribution < -0.4 is 4.74 Å². The molecule has 1 N–H and O–H groups in total. The molecule has 0 fully saturated rings. The number of hydrogen-bond donors (Lipinski definition) is 1. The Morgan fingerprint density at radius 2 is 2.00 bits per heavy atom. The fraction of sp³-hybridized carbons (Fsp3) is 0.143. The lowest BCUT2D eigenvalue weighted by Gasteiger charge is -2.11. The van der Waals surface area contributed by atoms with Crippen LogP contribution in [-0.4, -0.2) is 22.7 Å². The highest BCUT2D eigenvalue weighted by molar-refractivity contribution is 7.98. The van der Waals surface area contributed by atoms with Crippen molar-refractivity contribution in [2.24, 2.45) is 0 Å². The van der Waals surface area contributed by atoms with Crippen LogP contribution in [0.25, 0.3) is 6.08 Å². The van der Waals surface area contributed by atoms with E-state index in [4.69, 9.17) is 33.0 Å². The van der Waals surface area contributed by atoms with Crippen molar-refractivity contribution in [3.63, 3.8) is 0 Å². The van der Waals surface area contributed by atoms with E-state index in [-0.39, 0.29) is 0 Å². The molecule has 0 saturated heterocycles. The number of carboxylic acid groups (broad SMARTS) is 1. The summed E-state index contributed by atoms with van der Waals surface area (Å²) in [6, 6.07) is 11.1. The lowest BCUT2D eigenvalue weighted by atomic mass is 10.2. The van der Waals surface area contributed by atoms with Crippen molar-refractivity contribution in [2.45, 2.75) is 17.1 Å². The molecule has 0 unspecified atom stereocenters. The molecule has 0 aliphatic carbocycles. The molecule has 2 aromatic heterocycles. The number of carboxylic acids is 1. The van der Waals surface area contributed by atoms with Gasteiger partial charge in [-0.1, -0.05) is 29.3 Å². The van der Waals surface area contributed by atoms with Gasteiger partial charge < -0.3 is 9.84 Å². The first-order valence-corrected chi connectivity index (χ1v) is 11.3. The highest BCUT2D eigenvalue weighted by atomic mass is 35.5. The van der Waals surface area contributed by atoms with Gasteiger partial charge in [0, 0.05) is 23.1 Å². The Hall–Kier alpha value is -1.99. The highest BCUT2D eigenvalue weighted by Crippen LogP contribution is 2.35. The third kappa shape index (κ3) is 6.51. The smallest absolute Gasteiger partial charge is 0.328 e. The lowest BCUT2D eigenvalue weighted by molar-refractivity contribution is -0.131. The predicted octanol–water partition coefficient (Wildman–Crippen LogP) is 6.46. The predicted molar refractivity (Wildman–Crippen MR) is 120 cm³/mol. The summed E-state index contributed by atoms with van der Waals surface area (Å²) in [7, 11) is 0. The normalized spacial score (nSPS) is 11.1. The molecule has 3 aromatic rings. The molecule has 4 nitrogen and oxygen atoms in total. The van der Waals surface area contributed by atoms with E-state index in [1.807, 2.05) is 17.5 Å². The second-order valence-corrected chi connectivity index (χ2v) is 8.51. The Morgan fingerprint density at radius 1 is 1.21 bits per heavy atom. The van der Waals surface area contributed by atoms with Gasteiger partial charge in [0.2, 0.25) is 0 Å². The fourth-order valence-corrected chi connectivity index (χ4v) is 4.75. The summed E-state index contributed by atoms with van der Waals surface area (Å²) >= 11 is 15.5. The molecule has 3 rings (SSSR count). The Morgan fingerprint density at radius 3 is 2.69 bits per heavy atom. The molecule has 0 amide bonds. The number of rotatable bonds is 9. The molecule has 150 valence electrons. The molecule has 29 heavy (non-hydrogen) atoms. The van der Waals surface area contributed by atoms with Crippen molar-refractivity contribution >= 4 is 58.3 Å². The molecule has 0 saturated carbocycles. The minimum absolute atomic E-state index is 0.473. The Labute approximate surface area is 187 Å². The Balaban J connectivity index is 1.73. The van der Waals surface area contributed by atoms with Crippen molar-refractivity contribution in [2.75, 3.05) is 6.61 Å². The zero-order valence-electron chi connectivity index (χ0n) is 15.2. The van der Waals surface area contributed by atoms with E-state index in [0.717, 1.165) is 23.1 Å². The van der Waals surface area contributed by atoms with Gasteiger partial charge >= 0.3 is 5.97 Å². The van der Waals surface area contributed by atoms with Crippen LogP contribution in [0.1, 0.15) is 17.0 Å². The van der Waals surface area contributed by atoms with E-state index >= 15 is 0 Å². The summed E-state index contributed by atoms with van der Waals surface area (Å²) in [5.74, 6) is 0.0351. The maximum atomic E-state index is 10.9. The molecule has 2 heterocycles. The fourth-order valence-electron chi connectivity index (χ4n) is 2.46. The van der Waals surface area contributed by atoms with Crippen LogP contribution in [0.4, 0.5) is 0 Å². The van der Waals surface area contributed by atoms with Crippen LogP contribution in [0.3, 0.4) is 0 Å². The molecule has 0 spiro atoms. The van der Waals surface area contributed by atoms with Crippen LogP contribution in [-0.2, 0) is 17.0 Å². The topological polar surface area (TPSA) is 59.4 Å².